The van der Waals surface area contributed by atoms with Crippen molar-refractivity contribution >= 4 is 11.6 Å². The molecule has 2 heterocycles. The first-order chi connectivity index (χ1) is 10.6. The number of amides is 1. The van der Waals surface area contributed by atoms with Crippen LogP contribution in [0.4, 0.5) is 0 Å². The standard InChI is InChI=1S/C15H23N5O2/c1-3-4-5-6-7-8-12(21)17-11(2)13-18-19-14-15(22)16-9-10-20(13)14/h9-11H,3-8H2,1-2H3,(H,16,22)(H,17,21). The van der Waals surface area contributed by atoms with Gasteiger partial charge in [-0.3, -0.25) is 14.0 Å². The Morgan fingerprint density at radius 3 is 2.86 bits per heavy atom. The van der Waals surface area contributed by atoms with Gasteiger partial charge in [-0.15, -0.1) is 10.2 Å². The minimum Gasteiger partial charge on any atom is -0.346 e. The van der Waals surface area contributed by atoms with Crippen LogP contribution < -0.4 is 10.9 Å². The number of fused-ring (bicyclic) bond motifs is 1. The number of aromatic nitrogens is 4. The molecule has 0 fully saturated rings. The zero-order chi connectivity index (χ0) is 15.9. The molecule has 2 aromatic rings. The van der Waals surface area contributed by atoms with Crippen molar-refractivity contribution in [3.05, 3.63) is 28.6 Å². The van der Waals surface area contributed by atoms with Gasteiger partial charge in [-0.2, -0.15) is 0 Å². The molecule has 2 rings (SSSR count). The third kappa shape index (κ3) is 3.93. The van der Waals surface area contributed by atoms with E-state index in [1.807, 2.05) is 6.92 Å². The summed E-state index contributed by atoms with van der Waals surface area (Å²) in [4.78, 5) is 26.1. The SMILES string of the molecule is CCCCCCCC(=O)NC(C)c1nnc2c(=O)[nH]ccn12. The van der Waals surface area contributed by atoms with E-state index in [0.717, 1.165) is 12.8 Å². The molecule has 0 saturated heterocycles. The molecule has 1 unspecified atom stereocenters. The lowest BCUT2D eigenvalue weighted by Crippen LogP contribution is -2.27. The van der Waals surface area contributed by atoms with Gasteiger partial charge >= 0.3 is 0 Å². The third-order valence-electron chi connectivity index (χ3n) is 3.64. The summed E-state index contributed by atoms with van der Waals surface area (Å²) < 4.78 is 1.60. The van der Waals surface area contributed by atoms with Gasteiger partial charge in [-0.05, 0) is 13.3 Å². The Hall–Kier alpha value is -2.18. The second kappa shape index (κ2) is 7.72. The van der Waals surface area contributed by atoms with Gasteiger partial charge in [0.05, 0.1) is 6.04 Å². The molecule has 0 aliphatic heterocycles. The van der Waals surface area contributed by atoms with Crippen LogP contribution in [-0.4, -0.2) is 25.5 Å². The Morgan fingerprint density at radius 1 is 1.32 bits per heavy atom. The second-order valence-corrected chi connectivity index (χ2v) is 5.49. The van der Waals surface area contributed by atoms with Gasteiger partial charge < -0.3 is 10.3 Å². The number of nitrogens with one attached hydrogen (secondary N) is 2. The molecule has 0 bridgehead atoms. The van der Waals surface area contributed by atoms with Gasteiger partial charge in [0, 0.05) is 18.8 Å². The molecule has 7 heteroatoms. The van der Waals surface area contributed by atoms with Crippen LogP contribution in [0.25, 0.3) is 5.65 Å². The maximum atomic E-state index is 11.9. The maximum absolute atomic E-state index is 11.9. The summed E-state index contributed by atoms with van der Waals surface area (Å²) in [5.74, 6) is 0.561. The van der Waals surface area contributed by atoms with Crippen LogP contribution in [0.1, 0.15) is 64.2 Å². The predicted octanol–water partition coefficient (Wildman–Crippen LogP) is 1.96. The van der Waals surface area contributed by atoms with Crippen molar-refractivity contribution in [2.45, 2.75) is 58.4 Å². The van der Waals surface area contributed by atoms with Crippen LogP contribution in [0, 0.1) is 0 Å². The van der Waals surface area contributed by atoms with Crippen LogP contribution in [0.15, 0.2) is 17.2 Å². The van der Waals surface area contributed by atoms with Crippen molar-refractivity contribution in [2.75, 3.05) is 0 Å². The highest BCUT2D eigenvalue weighted by Crippen LogP contribution is 2.11. The molecule has 7 nitrogen and oxygen atoms in total. The zero-order valence-electron chi connectivity index (χ0n) is 13.1. The summed E-state index contributed by atoms with van der Waals surface area (Å²) in [6, 6.07) is -0.292. The molecule has 0 aliphatic rings. The van der Waals surface area contributed by atoms with Crippen molar-refractivity contribution in [2.24, 2.45) is 0 Å². The third-order valence-corrected chi connectivity index (χ3v) is 3.64. The molecule has 1 atom stereocenters. The number of hydrogen-bond donors (Lipinski definition) is 2. The lowest BCUT2D eigenvalue weighted by atomic mass is 10.1. The first kappa shape index (κ1) is 16.2. The highest BCUT2D eigenvalue weighted by Gasteiger charge is 2.16. The van der Waals surface area contributed by atoms with Crippen molar-refractivity contribution in [1.29, 1.82) is 0 Å². The Morgan fingerprint density at radius 2 is 2.09 bits per heavy atom. The zero-order valence-corrected chi connectivity index (χ0v) is 13.1. The first-order valence-electron chi connectivity index (χ1n) is 7.85. The number of rotatable bonds is 8. The normalized spacial score (nSPS) is 12.5. The van der Waals surface area contributed by atoms with Crippen LogP contribution in [-0.2, 0) is 4.79 Å². The van der Waals surface area contributed by atoms with Gasteiger partial charge in [-0.1, -0.05) is 32.6 Å². The smallest absolute Gasteiger partial charge is 0.293 e. The van der Waals surface area contributed by atoms with E-state index in [1.54, 1.807) is 10.6 Å². The highest BCUT2D eigenvalue weighted by molar-refractivity contribution is 5.76. The predicted molar refractivity (Wildman–Crippen MR) is 83.5 cm³/mol. The number of H-pyrrole nitrogens is 1. The lowest BCUT2D eigenvalue weighted by Gasteiger charge is -2.12. The molecular weight excluding hydrogens is 282 g/mol. The van der Waals surface area contributed by atoms with Crippen molar-refractivity contribution < 1.29 is 4.79 Å². The van der Waals surface area contributed by atoms with E-state index in [-0.39, 0.29) is 23.2 Å². The van der Waals surface area contributed by atoms with E-state index >= 15 is 0 Å². The minimum absolute atomic E-state index is 0.00518. The van der Waals surface area contributed by atoms with Crippen molar-refractivity contribution in [3.8, 4) is 0 Å². The first-order valence-corrected chi connectivity index (χ1v) is 7.85. The Bertz CT molecular complexity index is 676. The Balaban J connectivity index is 1.91. The molecule has 1 amide bonds. The molecule has 2 aromatic heterocycles. The average Bonchev–Trinajstić information content (AvgIpc) is 2.92. The summed E-state index contributed by atoms with van der Waals surface area (Å²) in [7, 11) is 0. The summed E-state index contributed by atoms with van der Waals surface area (Å²) in [6.45, 7) is 4.01. The fraction of sp³-hybridized carbons (Fsp3) is 0.600. The number of nitrogens with zero attached hydrogens (tertiary/aromatic N) is 3. The largest absolute Gasteiger partial charge is 0.346 e. The molecule has 0 radical (unpaired) electrons. The number of aromatic amines is 1. The fourth-order valence-electron chi connectivity index (χ4n) is 2.42. The van der Waals surface area contributed by atoms with E-state index < -0.39 is 0 Å². The molecular formula is C15H23N5O2. The van der Waals surface area contributed by atoms with Gasteiger partial charge in [0.2, 0.25) is 11.6 Å². The molecule has 0 aliphatic carbocycles. The highest BCUT2D eigenvalue weighted by atomic mass is 16.1. The van der Waals surface area contributed by atoms with Crippen LogP contribution >= 0.6 is 0 Å². The van der Waals surface area contributed by atoms with Gasteiger partial charge in [0.1, 0.15) is 0 Å². The monoisotopic (exact) mass is 305 g/mol. The quantitative estimate of drug-likeness (QED) is 0.729. The van der Waals surface area contributed by atoms with Gasteiger partial charge in [0.25, 0.3) is 5.56 Å². The molecule has 0 saturated carbocycles. The van der Waals surface area contributed by atoms with E-state index in [0.29, 0.717) is 12.2 Å². The number of hydrogen-bond acceptors (Lipinski definition) is 4. The Kier molecular flexibility index (Phi) is 5.68. The minimum atomic E-state index is -0.296. The molecule has 0 aromatic carbocycles. The average molecular weight is 305 g/mol. The topological polar surface area (TPSA) is 92.2 Å². The van der Waals surface area contributed by atoms with Crippen LogP contribution in [0.5, 0.6) is 0 Å². The number of carbonyl (C=O) groups excluding carboxylic acids is 1. The Labute approximate surface area is 129 Å². The van der Waals surface area contributed by atoms with Crippen LogP contribution in [0.3, 0.4) is 0 Å². The molecule has 2 N–H and O–H groups in total. The van der Waals surface area contributed by atoms with Gasteiger partial charge in [0.15, 0.2) is 5.82 Å². The summed E-state index contributed by atoms with van der Waals surface area (Å²) in [5.41, 5.74) is -0.0612. The number of unbranched alkanes of at least 4 members (excludes halogenated alkanes) is 4. The van der Waals surface area contributed by atoms with E-state index in [9.17, 15) is 9.59 Å². The molecule has 0 spiro atoms. The summed E-state index contributed by atoms with van der Waals surface area (Å²) in [5, 5.41) is 10.8. The van der Waals surface area contributed by atoms with E-state index in [1.165, 1.54) is 25.5 Å². The maximum Gasteiger partial charge on any atom is 0.293 e. The van der Waals surface area contributed by atoms with Crippen LogP contribution in [0.2, 0.25) is 0 Å². The second-order valence-electron chi connectivity index (χ2n) is 5.49. The van der Waals surface area contributed by atoms with E-state index in [4.69, 9.17) is 0 Å². The molecule has 120 valence electrons. The lowest BCUT2D eigenvalue weighted by molar-refractivity contribution is -0.121. The summed E-state index contributed by atoms with van der Waals surface area (Å²) >= 11 is 0. The van der Waals surface area contributed by atoms with Gasteiger partial charge in [-0.25, -0.2) is 0 Å². The van der Waals surface area contributed by atoms with Crippen molar-refractivity contribution in [3.63, 3.8) is 0 Å². The number of carbonyl (C=O) groups is 1. The van der Waals surface area contributed by atoms with E-state index in [2.05, 4.69) is 27.4 Å². The summed E-state index contributed by atoms with van der Waals surface area (Å²) in [6.07, 6.45) is 9.31. The van der Waals surface area contributed by atoms with Crippen molar-refractivity contribution in [1.82, 2.24) is 24.9 Å². The molecule has 22 heavy (non-hydrogen) atoms. The fourth-order valence-corrected chi connectivity index (χ4v) is 2.42.